The molecule has 188 valence electrons. The fraction of sp³-hybridized carbons (Fsp3) is 0.600. The SMILES string of the molecule is COC(=O)[C@@]1(C)C[C@H]2[C@@](C)(CC(C)=C3C4=CC=C5C(=CC(=O)C(O)=C5C)[C@]4(C)CC[C@]32C)C[C@@H]1O. The van der Waals surface area contributed by atoms with Gasteiger partial charge in [-0.1, -0.05) is 38.5 Å². The first-order chi connectivity index (χ1) is 16.2. The average Bonchev–Trinajstić information content (AvgIpc) is 2.79. The maximum atomic E-state index is 12.9. The molecule has 5 nitrogen and oxygen atoms in total. The van der Waals surface area contributed by atoms with E-state index in [-0.39, 0.29) is 39.7 Å². The highest BCUT2D eigenvalue weighted by Gasteiger charge is 2.63. The van der Waals surface area contributed by atoms with Gasteiger partial charge in [-0.05, 0) is 98.0 Å². The van der Waals surface area contributed by atoms with E-state index in [1.807, 2.05) is 13.8 Å². The van der Waals surface area contributed by atoms with Gasteiger partial charge in [-0.15, -0.1) is 0 Å². The maximum absolute atomic E-state index is 12.9. The van der Waals surface area contributed by atoms with Gasteiger partial charge in [0, 0.05) is 11.0 Å². The van der Waals surface area contributed by atoms with Crippen molar-refractivity contribution in [3.05, 3.63) is 57.4 Å². The minimum atomic E-state index is -0.926. The van der Waals surface area contributed by atoms with Crippen LogP contribution in [0.4, 0.5) is 0 Å². The minimum absolute atomic E-state index is 0.107. The lowest BCUT2D eigenvalue weighted by molar-refractivity contribution is -0.177. The number of rotatable bonds is 1. The van der Waals surface area contributed by atoms with Gasteiger partial charge < -0.3 is 14.9 Å². The normalized spacial score (nSPS) is 42.7. The standard InChI is InChI=1S/C30H38O5/c1-16-13-27(3)15-23(32)30(6,26(34)35-7)14-22(27)29(5)11-10-28(4)19(24(16)29)9-8-18-17(2)25(33)21(31)12-20(18)28/h8-9,12,22-23,32-33H,10-11,13-15H2,1-7H3/t22-,23-,27-,28+,29-,30-/m0/s1. The van der Waals surface area contributed by atoms with Crippen LogP contribution < -0.4 is 0 Å². The van der Waals surface area contributed by atoms with Crippen molar-refractivity contribution in [1.29, 1.82) is 0 Å². The summed E-state index contributed by atoms with van der Waals surface area (Å²) in [4.78, 5) is 25.5. The number of esters is 1. The number of aliphatic hydroxyl groups is 2. The zero-order chi connectivity index (χ0) is 25.7. The van der Waals surface area contributed by atoms with Crippen LogP contribution in [0.5, 0.6) is 0 Å². The molecule has 0 amide bonds. The molecule has 5 aliphatic carbocycles. The van der Waals surface area contributed by atoms with Gasteiger partial charge in [0.2, 0.25) is 5.78 Å². The van der Waals surface area contributed by atoms with Gasteiger partial charge in [-0.3, -0.25) is 9.59 Å². The Bertz CT molecular complexity index is 1210. The van der Waals surface area contributed by atoms with Gasteiger partial charge in [0.25, 0.3) is 0 Å². The highest BCUT2D eigenvalue weighted by Crippen LogP contribution is 2.70. The molecule has 0 aromatic rings. The third kappa shape index (κ3) is 2.97. The molecule has 5 aliphatic rings. The van der Waals surface area contributed by atoms with Crippen molar-refractivity contribution in [2.45, 2.75) is 79.8 Å². The summed E-state index contributed by atoms with van der Waals surface area (Å²) >= 11 is 0. The lowest BCUT2D eigenvalue weighted by Gasteiger charge is -2.63. The van der Waals surface area contributed by atoms with Crippen molar-refractivity contribution < 1.29 is 24.5 Å². The Morgan fingerprint density at radius 1 is 1.06 bits per heavy atom. The van der Waals surface area contributed by atoms with Crippen LogP contribution in [0.25, 0.3) is 0 Å². The molecule has 0 aromatic heterocycles. The fourth-order valence-corrected chi connectivity index (χ4v) is 8.55. The van der Waals surface area contributed by atoms with E-state index >= 15 is 0 Å². The second kappa shape index (κ2) is 7.32. The van der Waals surface area contributed by atoms with Gasteiger partial charge in [-0.25, -0.2) is 0 Å². The quantitative estimate of drug-likeness (QED) is 0.474. The van der Waals surface area contributed by atoms with Gasteiger partial charge in [0.05, 0.1) is 18.6 Å². The van der Waals surface area contributed by atoms with E-state index in [4.69, 9.17) is 4.74 Å². The molecule has 5 heteroatoms. The number of ether oxygens (including phenoxy) is 1. The number of methoxy groups -OCH3 is 1. The maximum Gasteiger partial charge on any atom is 0.314 e. The van der Waals surface area contributed by atoms with Gasteiger partial charge in [-0.2, -0.15) is 0 Å². The molecule has 0 aromatic carbocycles. The molecule has 0 unspecified atom stereocenters. The van der Waals surface area contributed by atoms with E-state index in [2.05, 4.69) is 39.8 Å². The van der Waals surface area contributed by atoms with Crippen LogP contribution in [0.3, 0.4) is 0 Å². The number of ketones is 1. The van der Waals surface area contributed by atoms with E-state index < -0.39 is 11.5 Å². The van der Waals surface area contributed by atoms with Gasteiger partial charge >= 0.3 is 5.97 Å². The monoisotopic (exact) mass is 478 g/mol. The summed E-state index contributed by atoms with van der Waals surface area (Å²) in [5.41, 5.74) is 5.06. The molecule has 0 aliphatic heterocycles. The molecule has 6 atom stereocenters. The summed E-state index contributed by atoms with van der Waals surface area (Å²) in [5, 5.41) is 21.4. The van der Waals surface area contributed by atoms with Crippen molar-refractivity contribution in [3.8, 4) is 0 Å². The first-order valence-corrected chi connectivity index (χ1v) is 12.8. The first-order valence-electron chi connectivity index (χ1n) is 12.8. The highest BCUT2D eigenvalue weighted by molar-refractivity contribution is 6.06. The zero-order valence-corrected chi connectivity index (χ0v) is 22.0. The minimum Gasteiger partial charge on any atom is -0.504 e. The molecular weight excluding hydrogens is 440 g/mol. The van der Waals surface area contributed by atoms with E-state index in [1.54, 1.807) is 6.08 Å². The predicted octanol–water partition coefficient (Wildman–Crippen LogP) is 5.68. The number of aliphatic hydroxyl groups excluding tert-OH is 2. The topological polar surface area (TPSA) is 83.8 Å². The Labute approximate surface area is 208 Å². The second-order valence-corrected chi connectivity index (χ2v) is 12.7. The van der Waals surface area contributed by atoms with Crippen LogP contribution in [-0.4, -0.2) is 35.2 Å². The number of hydrogen-bond acceptors (Lipinski definition) is 5. The molecule has 0 bridgehead atoms. The van der Waals surface area contributed by atoms with Gasteiger partial charge in [0.1, 0.15) is 0 Å². The molecule has 35 heavy (non-hydrogen) atoms. The number of hydrogen-bond donors (Lipinski definition) is 2. The van der Waals surface area contributed by atoms with Crippen LogP contribution in [0.15, 0.2) is 57.4 Å². The van der Waals surface area contributed by atoms with E-state index in [9.17, 15) is 19.8 Å². The first kappa shape index (κ1) is 24.3. The van der Waals surface area contributed by atoms with Crippen LogP contribution in [-0.2, 0) is 14.3 Å². The smallest absolute Gasteiger partial charge is 0.314 e. The van der Waals surface area contributed by atoms with Crippen molar-refractivity contribution in [1.82, 2.24) is 0 Å². The second-order valence-electron chi connectivity index (χ2n) is 12.7. The average molecular weight is 479 g/mol. The van der Waals surface area contributed by atoms with Crippen LogP contribution >= 0.6 is 0 Å². The molecule has 0 heterocycles. The highest BCUT2D eigenvalue weighted by atomic mass is 16.5. The summed E-state index contributed by atoms with van der Waals surface area (Å²) in [6.07, 6.45) is 9.01. The van der Waals surface area contributed by atoms with Crippen molar-refractivity contribution >= 4 is 11.8 Å². The lowest BCUT2D eigenvalue weighted by atomic mass is 9.40. The molecule has 0 spiro atoms. The Kier molecular flexibility index (Phi) is 5.08. The predicted molar refractivity (Wildman–Crippen MR) is 134 cm³/mol. The molecule has 2 saturated carbocycles. The van der Waals surface area contributed by atoms with Crippen molar-refractivity contribution in [2.24, 2.45) is 27.6 Å². The summed E-state index contributed by atoms with van der Waals surface area (Å²) in [6.45, 7) is 12.8. The third-order valence-corrected chi connectivity index (χ3v) is 10.5. The third-order valence-electron chi connectivity index (χ3n) is 10.5. The van der Waals surface area contributed by atoms with Gasteiger partial charge in [0.15, 0.2) is 5.76 Å². The molecule has 5 rings (SSSR count). The van der Waals surface area contributed by atoms with Crippen LogP contribution in [0.2, 0.25) is 0 Å². The van der Waals surface area contributed by atoms with E-state index in [0.717, 1.165) is 30.4 Å². The Balaban J connectivity index is 1.67. The lowest BCUT2D eigenvalue weighted by Crippen LogP contribution is -2.59. The molecule has 0 radical (unpaired) electrons. The zero-order valence-electron chi connectivity index (χ0n) is 22.0. The molecule has 0 saturated heterocycles. The Morgan fingerprint density at radius 3 is 2.40 bits per heavy atom. The molecular formula is C30H38O5. The molecule has 2 fully saturated rings. The van der Waals surface area contributed by atoms with Crippen LogP contribution in [0.1, 0.15) is 73.6 Å². The van der Waals surface area contributed by atoms with E-state index in [1.165, 1.54) is 23.8 Å². The summed E-state index contributed by atoms with van der Waals surface area (Å²) < 4.78 is 5.16. The number of fused-ring (bicyclic) bond motifs is 7. The summed E-state index contributed by atoms with van der Waals surface area (Å²) in [6, 6.07) is 0. The fourth-order valence-electron chi connectivity index (χ4n) is 8.55. The largest absolute Gasteiger partial charge is 0.504 e. The van der Waals surface area contributed by atoms with Crippen molar-refractivity contribution in [2.75, 3.05) is 7.11 Å². The number of allylic oxidation sites excluding steroid dienone is 9. The Morgan fingerprint density at radius 2 is 1.74 bits per heavy atom. The molecule has 2 N–H and O–H groups in total. The Hall–Kier alpha value is -2.40. The van der Waals surface area contributed by atoms with E-state index in [0.29, 0.717) is 18.4 Å². The number of carbonyl (C=O) groups is 2. The number of carbonyl (C=O) groups excluding carboxylic acids is 2. The van der Waals surface area contributed by atoms with Crippen molar-refractivity contribution in [3.63, 3.8) is 0 Å². The summed E-state index contributed by atoms with van der Waals surface area (Å²) in [5.74, 6) is -0.596. The summed E-state index contributed by atoms with van der Waals surface area (Å²) in [7, 11) is 1.41. The van der Waals surface area contributed by atoms with Crippen LogP contribution in [0, 0.1) is 27.6 Å².